The maximum Gasteiger partial charge on any atom is 0.416 e. The third-order valence-electron chi connectivity index (χ3n) is 2.74. The van der Waals surface area contributed by atoms with Crippen LogP contribution < -0.4 is 5.32 Å². The van der Waals surface area contributed by atoms with E-state index in [2.05, 4.69) is 26.3 Å². The average Bonchev–Trinajstić information content (AvgIpc) is 2.88. The third-order valence-corrected chi connectivity index (χ3v) is 3.39. The molecule has 0 radical (unpaired) electrons. The zero-order chi connectivity index (χ0) is 14.6. The van der Waals surface area contributed by atoms with Crippen LogP contribution in [0, 0.1) is 0 Å². The van der Waals surface area contributed by atoms with Crippen molar-refractivity contribution in [2.75, 3.05) is 11.9 Å². The molecule has 1 aromatic carbocycles. The molecule has 0 amide bonds. The van der Waals surface area contributed by atoms with Crippen LogP contribution in [0.2, 0.25) is 0 Å². The molecule has 1 heterocycles. The topological polar surface area (TPSA) is 29.9 Å². The van der Waals surface area contributed by atoms with Gasteiger partial charge in [-0.15, -0.1) is 0 Å². The fourth-order valence-corrected chi connectivity index (χ4v) is 2.25. The molecule has 0 atom stereocenters. The Morgan fingerprint density at radius 3 is 2.70 bits per heavy atom. The molecular weight excluding hydrogens is 335 g/mol. The van der Waals surface area contributed by atoms with Crippen molar-refractivity contribution in [3.05, 3.63) is 46.7 Å². The van der Waals surface area contributed by atoms with Crippen LogP contribution in [0.4, 0.5) is 18.9 Å². The molecule has 0 spiro atoms. The van der Waals surface area contributed by atoms with Crippen molar-refractivity contribution in [1.82, 2.24) is 9.78 Å². The average molecular weight is 348 g/mol. The lowest BCUT2D eigenvalue weighted by Gasteiger charge is -2.12. The number of rotatable bonds is 5. The van der Waals surface area contributed by atoms with Crippen LogP contribution in [0.15, 0.2) is 41.1 Å². The molecule has 2 aromatic rings. The van der Waals surface area contributed by atoms with E-state index in [1.165, 1.54) is 6.07 Å². The van der Waals surface area contributed by atoms with E-state index in [0.29, 0.717) is 16.7 Å². The van der Waals surface area contributed by atoms with Crippen molar-refractivity contribution in [3.63, 3.8) is 0 Å². The van der Waals surface area contributed by atoms with E-state index in [9.17, 15) is 13.2 Å². The van der Waals surface area contributed by atoms with Gasteiger partial charge < -0.3 is 5.32 Å². The second-order valence-corrected chi connectivity index (χ2v) is 5.10. The van der Waals surface area contributed by atoms with Crippen molar-refractivity contribution >= 4 is 21.6 Å². The van der Waals surface area contributed by atoms with Gasteiger partial charge in [-0.2, -0.15) is 18.3 Å². The monoisotopic (exact) mass is 347 g/mol. The lowest BCUT2D eigenvalue weighted by Crippen LogP contribution is -2.09. The maximum absolute atomic E-state index is 12.5. The van der Waals surface area contributed by atoms with Gasteiger partial charge in [0.15, 0.2) is 0 Å². The third kappa shape index (κ3) is 4.00. The minimum atomic E-state index is -4.32. The van der Waals surface area contributed by atoms with Gasteiger partial charge in [0, 0.05) is 35.6 Å². The molecule has 108 valence electrons. The molecule has 0 fully saturated rings. The highest BCUT2D eigenvalue weighted by Crippen LogP contribution is 2.33. The van der Waals surface area contributed by atoms with Gasteiger partial charge in [0.2, 0.25) is 0 Å². The van der Waals surface area contributed by atoms with E-state index in [0.717, 1.165) is 25.1 Å². The first kappa shape index (κ1) is 14.9. The minimum Gasteiger partial charge on any atom is -0.384 e. The first-order chi connectivity index (χ1) is 9.47. The summed E-state index contributed by atoms with van der Waals surface area (Å²) in [5, 5.41) is 7.17. The second kappa shape index (κ2) is 6.30. The lowest BCUT2D eigenvalue weighted by molar-refractivity contribution is -0.137. The number of nitrogens with one attached hydrogen (secondary N) is 1. The molecule has 7 heteroatoms. The summed E-state index contributed by atoms with van der Waals surface area (Å²) in [7, 11) is 0. The molecule has 1 N–H and O–H groups in total. The SMILES string of the molecule is FC(F)(F)c1ccc(NCCCn2cccn2)c(Br)c1. The molecule has 0 unspecified atom stereocenters. The van der Waals surface area contributed by atoms with Crippen molar-refractivity contribution in [1.29, 1.82) is 0 Å². The zero-order valence-electron chi connectivity index (χ0n) is 10.5. The number of benzene rings is 1. The second-order valence-electron chi connectivity index (χ2n) is 4.24. The minimum absolute atomic E-state index is 0.409. The van der Waals surface area contributed by atoms with Gasteiger partial charge in [0.05, 0.1) is 5.56 Å². The highest BCUT2D eigenvalue weighted by Gasteiger charge is 2.30. The van der Waals surface area contributed by atoms with Crippen LogP contribution in [0.25, 0.3) is 0 Å². The Bertz CT molecular complexity index is 552. The Hall–Kier alpha value is -1.50. The first-order valence-corrected chi connectivity index (χ1v) is 6.84. The van der Waals surface area contributed by atoms with Gasteiger partial charge in [0.25, 0.3) is 0 Å². The van der Waals surface area contributed by atoms with Crippen LogP contribution in [0.1, 0.15) is 12.0 Å². The van der Waals surface area contributed by atoms with Gasteiger partial charge in [-0.1, -0.05) is 0 Å². The molecule has 2 rings (SSSR count). The number of hydrogen-bond donors (Lipinski definition) is 1. The Kier molecular flexibility index (Phi) is 4.69. The van der Waals surface area contributed by atoms with Crippen molar-refractivity contribution < 1.29 is 13.2 Å². The number of alkyl halides is 3. The molecule has 0 saturated carbocycles. The van der Waals surface area contributed by atoms with Gasteiger partial charge in [-0.3, -0.25) is 4.68 Å². The van der Waals surface area contributed by atoms with Crippen LogP contribution in [-0.4, -0.2) is 16.3 Å². The summed E-state index contributed by atoms with van der Waals surface area (Å²) in [5.74, 6) is 0. The van der Waals surface area contributed by atoms with E-state index in [1.54, 1.807) is 6.20 Å². The zero-order valence-corrected chi connectivity index (χ0v) is 12.1. The Balaban J connectivity index is 1.87. The van der Waals surface area contributed by atoms with E-state index >= 15 is 0 Å². The predicted molar refractivity (Wildman–Crippen MR) is 74.5 cm³/mol. The fourth-order valence-electron chi connectivity index (χ4n) is 1.73. The van der Waals surface area contributed by atoms with Crippen LogP contribution in [0.3, 0.4) is 0 Å². The normalized spacial score (nSPS) is 11.6. The molecule has 0 aliphatic rings. The Morgan fingerprint density at radius 1 is 1.30 bits per heavy atom. The maximum atomic E-state index is 12.5. The van der Waals surface area contributed by atoms with Crippen LogP contribution in [-0.2, 0) is 12.7 Å². The standard InChI is InChI=1S/C13H13BrF3N3/c14-11-9-10(13(15,16)17)3-4-12(11)18-5-1-7-20-8-2-6-19-20/h2-4,6,8-9,18H,1,5,7H2. The first-order valence-electron chi connectivity index (χ1n) is 6.05. The number of anilines is 1. The molecular formula is C13H13BrF3N3. The number of halogens is 4. The predicted octanol–water partition coefficient (Wildman–Crippen LogP) is 4.17. The Morgan fingerprint density at radius 2 is 2.10 bits per heavy atom. The van der Waals surface area contributed by atoms with E-state index in [4.69, 9.17) is 0 Å². The molecule has 20 heavy (non-hydrogen) atoms. The largest absolute Gasteiger partial charge is 0.416 e. The van der Waals surface area contributed by atoms with E-state index in [-0.39, 0.29) is 0 Å². The lowest BCUT2D eigenvalue weighted by atomic mass is 10.2. The van der Waals surface area contributed by atoms with Crippen molar-refractivity contribution in [3.8, 4) is 0 Å². The van der Waals surface area contributed by atoms with Crippen LogP contribution >= 0.6 is 15.9 Å². The Labute approximate surface area is 122 Å². The quantitative estimate of drug-likeness (QED) is 0.822. The van der Waals surface area contributed by atoms with Gasteiger partial charge in [-0.05, 0) is 46.6 Å². The summed E-state index contributed by atoms with van der Waals surface area (Å²) in [6.07, 6.45) is 0.0875. The molecule has 0 saturated heterocycles. The van der Waals surface area contributed by atoms with Gasteiger partial charge >= 0.3 is 6.18 Å². The van der Waals surface area contributed by atoms with Crippen LogP contribution in [0.5, 0.6) is 0 Å². The van der Waals surface area contributed by atoms with Gasteiger partial charge in [-0.25, -0.2) is 0 Å². The molecule has 0 bridgehead atoms. The van der Waals surface area contributed by atoms with E-state index < -0.39 is 11.7 Å². The number of aryl methyl sites for hydroxylation is 1. The highest BCUT2D eigenvalue weighted by atomic mass is 79.9. The van der Waals surface area contributed by atoms with Crippen molar-refractivity contribution in [2.24, 2.45) is 0 Å². The van der Waals surface area contributed by atoms with E-state index in [1.807, 2.05) is 16.9 Å². The molecule has 0 aliphatic heterocycles. The summed E-state index contributed by atoms with van der Waals surface area (Å²) in [6.45, 7) is 1.42. The molecule has 0 aliphatic carbocycles. The van der Waals surface area contributed by atoms with Crippen molar-refractivity contribution in [2.45, 2.75) is 19.1 Å². The van der Waals surface area contributed by atoms with Gasteiger partial charge in [0.1, 0.15) is 0 Å². The number of nitrogens with zero attached hydrogens (tertiary/aromatic N) is 2. The summed E-state index contributed by atoms with van der Waals surface area (Å²) in [5.41, 5.74) is -0.00932. The summed E-state index contributed by atoms with van der Waals surface area (Å²) < 4.78 is 39.8. The summed E-state index contributed by atoms with van der Waals surface area (Å²) in [4.78, 5) is 0. The summed E-state index contributed by atoms with van der Waals surface area (Å²) >= 11 is 3.15. The summed E-state index contributed by atoms with van der Waals surface area (Å²) in [6, 6.07) is 5.43. The highest BCUT2D eigenvalue weighted by molar-refractivity contribution is 9.10. The molecule has 3 nitrogen and oxygen atoms in total. The number of aromatic nitrogens is 2. The number of hydrogen-bond acceptors (Lipinski definition) is 2. The smallest absolute Gasteiger partial charge is 0.384 e. The molecule has 1 aromatic heterocycles. The fraction of sp³-hybridized carbons (Fsp3) is 0.308.